The minimum Gasteiger partial charge on any atom is -0.307 e. The number of nitrogens with one attached hydrogen (secondary N) is 2. The lowest BCUT2D eigenvalue weighted by Gasteiger charge is -2.31. The average molecular weight is 392 g/mol. The number of aryl methyl sites for hydroxylation is 2. The van der Waals surface area contributed by atoms with E-state index in [1.807, 2.05) is 0 Å². The van der Waals surface area contributed by atoms with E-state index >= 15 is 0 Å². The van der Waals surface area contributed by atoms with Crippen molar-refractivity contribution in [3.63, 3.8) is 0 Å². The molecule has 148 valence electrons. The standard InChI is InChI=1S/C20H29N3O3S/c1-14(9-12-23-10-4-11-23)27(25,26)22-20(24)21-19-17-7-2-5-15(17)13-16-6-3-8-18(16)19/h13-14H,2-12H2,1H3,(H2,21,22,24). The number of rotatable bonds is 6. The number of carbonyl (C=O) groups is 1. The monoisotopic (exact) mass is 391 g/mol. The Labute approximate surface area is 161 Å². The molecule has 2 amide bonds. The lowest BCUT2D eigenvalue weighted by molar-refractivity contribution is 0.179. The van der Waals surface area contributed by atoms with E-state index in [4.69, 9.17) is 0 Å². The Morgan fingerprint density at radius 1 is 1.07 bits per heavy atom. The summed E-state index contributed by atoms with van der Waals surface area (Å²) in [5.41, 5.74) is 5.91. The van der Waals surface area contributed by atoms with Crippen LogP contribution in [-0.2, 0) is 35.7 Å². The van der Waals surface area contributed by atoms with E-state index < -0.39 is 21.3 Å². The lowest BCUT2D eigenvalue weighted by Crippen LogP contribution is -2.43. The molecule has 2 N–H and O–H groups in total. The minimum absolute atomic E-state index is 0.540. The largest absolute Gasteiger partial charge is 0.332 e. The normalized spacial score (nSPS) is 19.9. The molecule has 1 saturated heterocycles. The van der Waals surface area contributed by atoms with Crippen molar-refractivity contribution in [3.05, 3.63) is 28.3 Å². The SMILES string of the molecule is CC(CCN1CCC1)S(=O)(=O)NC(=O)Nc1c2c(cc3c1CCC3)CCC2. The van der Waals surface area contributed by atoms with Gasteiger partial charge in [0.15, 0.2) is 0 Å². The van der Waals surface area contributed by atoms with E-state index in [-0.39, 0.29) is 0 Å². The third-order valence-electron chi connectivity index (χ3n) is 6.28. The molecule has 6 nitrogen and oxygen atoms in total. The topological polar surface area (TPSA) is 78.5 Å². The Balaban J connectivity index is 1.43. The molecule has 0 bridgehead atoms. The van der Waals surface area contributed by atoms with E-state index in [2.05, 4.69) is 21.0 Å². The Hall–Kier alpha value is -1.60. The molecule has 4 rings (SSSR count). The van der Waals surface area contributed by atoms with Crippen molar-refractivity contribution >= 4 is 21.7 Å². The van der Waals surface area contributed by atoms with Gasteiger partial charge in [0, 0.05) is 5.69 Å². The van der Waals surface area contributed by atoms with Crippen LogP contribution in [0.3, 0.4) is 0 Å². The molecular formula is C20H29N3O3S. The molecule has 1 heterocycles. The van der Waals surface area contributed by atoms with Crippen molar-refractivity contribution in [1.82, 2.24) is 9.62 Å². The summed E-state index contributed by atoms with van der Waals surface area (Å²) in [7, 11) is -3.68. The van der Waals surface area contributed by atoms with Gasteiger partial charge in [-0.3, -0.25) is 0 Å². The summed E-state index contributed by atoms with van der Waals surface area (Å²) in [5, 5.41) is 2.31. The molecule has 1 aromatic rings. The van der Waals surface area contributed by atoms with Crippen molar-refractivity contribution in [3.8, 4) is 0 Å². The molecule has 2 aliphatic carbocycles. The lowest BCUT2D eigenvalue weighted by atomic mass is 9.99. The molecule has 0 saturated carbocycles. The van der Waals surface area contributed by atoms with E-state index in [9.17, 15) is 13.2 Å². The molecule has 1 aromatic carbocycles. The number of sulfonamides is 1. The van der Waals surface area contributed by atoms with E-state index in [1.165, 1.54) is 28.7 Å². The smallest absolute Gasteiger partial charge is 0.307 e. The number of anilines is 1. The number of hydrogen-bond donors (Lipinski definition) is 2. The van der Waals surface area contributed by atoms with Crippen LogP contribution in [0.1, 0.15) is 54.9 Å². The van der Waals surface area contributed by atoms with Crippen molar-refractivity contribution in [2.75, 3.05) is 25.0 Å². The van der Waals surface area contributed by atoms with Crippen LogP contribution in [0.2, 0.25) is 0 Å². The highest BCUT2D eigenvalue weighted by molar-refractivity contribution is 7.90. The molecular weight excluding hydrogens is 362 g/mol. The van der Waals surface area contributed by atoms with E-state index in [0.29, 0.717) is 6.42 Å². The third kappa shape index (κ3) is 3.85. The molecule has 1 unspecified atom stereocenters. The molecule has 1 aliphatic heterocycles. The number of urea groups is 1. The van der Waals surface area contributed by atoms with Crippen LogP contribution >= 0.6 is 0 Å². The number of likely N-dealkylation sites (tertiary alicyclic amines) is 1. The number of amides is 2. The molecule has 0 radical (unpaired) electrons. The maximum atomic E-state index is 12.5. The van der Waals surface area contributed by atoms with Gasteiger partial charge in [-0.2, -0.15) is 0 Å². The first-order chi connectivity index (χ1) is 12.9. The Kier molecular flexibility index (Phi) is 5.16. The fourth-order valence-corrected chi connectivity index (χ4v) is 5.39. The van der Waals surface area contributed by atoms with Gasteiger partial charge in [-0.25, -0.2) is 17.9 Å². The number of nitrogens with zero attached hydrogens (tertiary/aromatic N) is 1. The van der Waals surface area contributed by atoms with E-state index in [1.54, 1.807) is 6.92 Å². The molecule has 1 atom stereocenters. The van der Waals surface area contributed by atoms with Crippen LogP contribution in [0.15, 0.2) is 6.07 Å². The summed E-state index contributed by atoms with van der Waals surface area (Å²) in [5.74, 6) is 0. The zero-order chi connectivity index (χ0) is 19.0. The fourth-order valence-electron chi connectivity index (χ4n) is 4.46. The van der Waals surface area contributed by atoms with Crippen LogP contribution in [0.25, 0.3) is 0 Å². The minimum atomic E-state index is -3.68. The second-order valence-corrected chi connectivity index (χ2v) is 10.2. The zero-order valence-corrected chi connectivity index (χ0v) is 16.8. The number of benzene rings is 1. The van der Waals surface area contributed by atoms with Gasteiger partial charge in [0.2, 0.25) is 10.0 Å². The second-order valence-electron chi connectivity index (χ2n) is 8.13. The molecule has 0 spiro atoms. The Bertz CT molecular complexity index is 814. The third-order valence-corrected chi connectivity index (χ3v) is 8.04. The predicted octanol–water partition coefficient (Wildman–Crippen LogP) is 2.60. The highest BCUT2D eigenvalue weighted by Crippen LogP contribution is 2.38. The Morgan fingerprint density at radius 3 is 2.26 bits per heavy atom. The quantitative estimate of drug-likeness (QED) is 0.781. The summed E-state index contributed by atoms with van der Waals surface area (Å²) in [6.45, 7) is 4.53. The molecule has 1 fully saturated rings. The highest BCUT2D eigenvalue weighted by atomic mass is 32.2. The average Bonchev–Trinajstić information content (AvgIpc) is 3.21. The number of carbonyl (C=O) groups excluding carboxylic acids is 1. The molecule has 27 heavy (non-hydrogen) atoms. The van der Waals surface area contributed by atoms with Gasteiger partial charge in [0.1, 0.15) is 0 Å². The summed E-state index contributed by atoms with van der Waals surface area (Å²) in [4.78, 5) is 14.8. The van der Waals surface area contributed by atoms with Gasteiger partial charge >= 0.3 is 6.03 Å². The molecule has 0 aromatic heterocycles. The van der Waals surface area contributed by atoms with Crippen LogP contribution in [0.5, 0.6) is 0 Å². The Morgan fingerprint density at radius 2 is 1.70 bits per heavy atom. The van der Waals surface area contributed by atoms with Crippen molar-refractivity contribution < 1.29 is 13.2 Å². The van der Waals surface area contributed by atoms with Gasteiger partial charge in [-0.15, -0.1) is 0 Å². The number of hydrogen-bond acceptors (Lipinski definition) is 4. The van der Waals surface area contributed by atoms with Crippen molar-refractivity contribution in [2.24, 2.45) is 0 Å². The predicted molar refractivity (Wildman–Crippen MR) is 107 cm³/mol. The number of fused-ring (bicyclic) bond motifs is 2. The van der Waals surface area contributed by atoms with Crippen LogP contribution in [0.4, 0.5) is 10.5 Å². The molecule has 7 heteroatoms. The summed E-state index contributed by atoms with van der Waals surface area (Å²) in [6, 6.07) is 1.67. The zero-order valence-electron chi connectivity index (χ0n) is 16.0. The van der Waals surface area contributed by atoms with Crippen molar-refractivity contribution in [2.45, 2.75) is 63.5 Å². The van der Waals surface area contributed by atoms with Gasteiger partial charge in [-0.1, -0.05) is 6.07 Å². The van der Waals surface area contributed by atoms with E-state index in [0.717, 1.165) is 63.8 Å². The van der Waals surface area contributed by atoms with Gasteiger partial charge in [0.05, 0.1) is 5.25 Å². The first kappa shape index (κ1) is 18.7. The van der Waals surface area contributed by atoms with Crippen LogP contribution in [-0.4, -0.2) is 44.2 Å². The molecule has 3 aliphatic rings. The van der Waals surface area contributed by atoms with Crippen LogP contribution < -0.4 is 10.0 Å². The summed E-state index contributed by atoms with van der Waals surface area (Å²) < 4.78 is 27.3. The highest BCUT2D eigenvalue weighted by Gasteiger charge is 2.28. The summed E-state index contributed by atoms with van der Waals surface area (Å²) >= 11 is 0. The maximum Gasteiger partial charge on any atom is 0.332 e. The first-order valence-corrected chi connectivity index (χ1v) is 11.7. The van der Waals surface area contributed by atoms with Crippen molar-refractivity contribution in [1.29, 1.82) is 0 Å². The van der Waals surface area contributed by atoms with Crippen LogP contribution in [0, 0.1) is 0 Å². The first-order valence-electron chi connectivity index (χ1n) is 10.2. The van der Waals surface area contributed by atoms with Gasteiger partial charge in [0.25, 0.3) is 0 Å². The van der Waals surface area contributed by atoms with Gasteiger partial charge in [-0.05, 0) is 100 Å². The van der Waals surface area contributed by atoms with Gasteiger partial charge < -0.3 is 10.2 Å². The second kappa shape index (κ2) is 7.43. The fraction of sp³-hybridized carbons (Fsp3) is 0.650. The maximum absolute atomic E-state index is 12.5. The summed E-state index contributed by atoms with van der Waals surface area (Å²) in [6.07, 6.45) is 7.93.